The number of hydrogen-bond acceptors (Lipinski definition) is 4. The van der Waals surface area contributed by atoms with Gasteiger partial charge in [0.2, 0.25) is 5.91 Å². The molecule has 2 aromatic rings. The average Bonchev–Trinajstić information content (AvgIpc) is 3.30. The molecule has 7 heteroatoms. The lowest BCUT2D eigenvalue weighted by molar-refractivity contribution is -0.120. The molecule has 1 amide bonds. The number of carbonyl (C=O) groups excluding carboxylic acids is 1. The molecule has 0 radical (unpaired) electrons. The van der Waals surface area contributed by atoms with E-state index in [0.29, 0.717) is 22.8 Å². The second-order valence-corrected chi connectivity index (χ2v) is 7.50. The molecular weight excluding hydrogens is 344 g/mol. The first kappa shape index (κ1) is 17.0. The molecule has 1 heterocycles. The Kier molecular flexibility index (Phi) is 5.26. The highest BCUT2D eigenvalue weighted by Crippen LogP contribution is 2.28. The minimum Gasteiger partial charge on any atom is -0.352 e. The molecule has 1 aliphatic rings. The monoisotopic (exact) mass is 362 g/mol. The molecule has 0 saturated heterocycles. The number of hydrogen-bond donors (Lipinski definition) is 1. The fourth-order valence-corrected chi connectivity index (χ4v) is 3.23. The third-order valence-corrected chi connectivity index (χ3v) is 5.04. The van der Waals surface area contributed by atoms with Crippen molar-refractivity contribution in [1.29, 1.82) is 0 Å². The van der Waals surface area contributed by atoms with Gasteiger partial charge in [-0.15, -0.1) is 16.8 Å². The number of carbonyl (C=O) groups is 1. The van der Waals surface area contributed by atoms with Crippen LogP contribution in [0.3, 0.4) is 0 Å². The molecule has 0 spiro atoms. The number of amides is 1. The Bertz CT molecular complexity index is 740. The lowest BCUT2D eigenvalue weighted by atomic mass is 10.2. The molecular formula is C17H19ClN4OS. The van der Waals surface area contributed by atoms with Crippen LogP contribution in [-0.4, -0.2) is 32.0 Å². The van der Waals surface area contributed by atoms with Crippen molar-refractivity contribution in [2.24, 2.45) is 0 Å². The van der Waals surface area contributed by atoms with Crippen molar-refractivity contribution in [3.63, 3.8) is 0 Å². The minimum atomic E-state index is -0.226. The van der Waals surface area contributed by atoms with Crippen LogP contribution in [0.2, 0.25) is 5.02 Å². The average molecular weight is 363 g/mol. The number of benzene rings is 1. The summed E-state index contributed by atoms with van der Waals surface area (Å²) in [6.45, 7) is 6.26. The van der Waals surface area contributed by atoms with Gasteiger partial charge in [-0.25, -0.2) is 0 Å². The summed E-state index contributed by atoms with van der Waals surface area (Å²) in [7, 11) is 0. The van der Waals surface area contributed by atoms with Crippen LogP contribution in [0.1, 0.15) is 19.8 Å². The normalized spacial score (nSPS) is 15.1. The lowest BCUT2D eigenvalue weighted by Gasteiger charge is -2.12. The Hall–Kier alpha value is -1.79. The number of aromatic nitrogens is 3. The van der Waals surface area contributed by atoms with Gasteiger partial charge in [0.05, 0.1) is 5.25 Å². The van der Waals surface area contributed by atoms with Crippen molar-refractivity contribution in [3.05, 3.63) is 41.9 Å². The van der Waals surface area contributed by atoms with Gasteiger partial charge in [0.15, 0.2) is 11.0 Å². The zero-order valence-corrected chi connectivity index (χ0v) is 15.0. The Morgan fingerprint density at radius 1 is 1.46 bits per heavy atom. The molecule has 0 bridgehead atoms. The third kappa shape index (κ3) is 3.99. The molecule has 1 saturated carbocycles. The van der Waals surface area contributed by atoms with Gasteiger partial charge in [-0.3, -0.25) is 9.36 Å². The van der Waals surface area contributed by atoms with E-state index in [1.54, 1.807) is 6.08 Å². The van der Waals surface area contributed by atoms with Gasteiger partial charge >= 0.3 is 0 Å². The van der Waals surface area contributed by atoms with Gasteiger partial charge in [0.1, 0.15) is 0 Å². The summed E-state index contributed by atoms with van der Waals surface area (Å²) >= 11 is 7.36. The van der Waals surface area contributed by atoms with Crippen LogP contribution in [-0.2, 0) is 11.3 Å². The van der Waals surface area contributed by atoms with E-state index < -0.39 is 0 Å². The molecule has 1 N–H and O–H groups in total. The SMILES string of the molecule is C=CCn1c(S[C@@H](C)C(=O)NC2CC2)nnc1-c1ccc(Cl)cc1. The maximum absolute atomic E-state index is 12.2. The molecule has 1 fully saturated rings. The second kappa shape index (κ2) is 7.40. The van der Waals surface area contributed by atoms with Crippen LogP contribution in [0.5, 0.6) is 0 Å². The highest BCUT2D eigenvalue weighted by Gasteiger charge is 2.27. The molecule has 1 aromatic heterocycles. The predicted octanol–water partition coefficient (Wildman–Crippen LogP) is 3.54. The second-order valence-electron chi connectivity index (χ2n) is 5.76. The quantitative estimate of drug-likeness (QED) is 0.604. The highest BCUT2D eigenvalue weighted by atomic mass is 35.5. The first-order valence-corrected chi connectivity index (χ1v) is 9.11. The fourth-order valence-electron chi connectivity index (χ4n) is 2.24. The maximum atomic E-state index is 12.2. The van der Waals surface area contributed by atoms with E-state index in [4.69, 9.17) is 11.6 Å². The topological polar surface area (TPSA) is 59.8 Å². The fraction of sp³-hybridized carbons (Fsp3) is 0.353. The number of rotatable bonds is 7. The maximum Gasteiger partial charge on any atom is 0.233 e. The molecule has 3 rings (SSSR count). The van der Waals surface area contributed by atoms with Crippen LogP contribution in [0, 0.1) is 0 Å². The van der Waals surface area contributed by atoms with Gasteiger partial charge in [-0.1, -0.05) is 29.4 Å². The summed E-state index contributed by atoms with van der Waals surface area (Å²) < 4.78 is 1.96. The van der Waals surface area contributed by atoms with E-state index in [2.05, 4.69) is 22.1 Å². The van der Waals surface area contributed by atoms with E-state index in [0.717, 1.165) is 24.2 Å². The van der Waals surface area contributed by atoms with Crippen molar-refractivity contribution in [1.82, 2.24) is 20.1 Å². The van der Waals surface area contributed by atoms with Crippen LogP contribution in [0.25, 0.3) is 11.4 Å². The van der Waals surface area contributed by atoms with E-state index in [1.807, 2.05) is 35.8 Å². The summed E-state index contributed by atoms with van der Waals surface area (Å²) in [5, 5.41) is 12.7. The minimum absolute atomic E-state index is 0.0451. The molecule has 1 aliphatic carbocycles. The summed E-state index contributed by atoms with van der Waals surface area (Å²) in [4.78, 5) is 12.2. The van der Waals surface area contributed by atoms with Crippen molar-refractivity contribution >= 4 is 29.3 Å². The largest absolute Gasteiger partial charge is 0.352 e. The zero-order chi connectivity index (χ0) is 17.1. The molecule has 1 atom stereocenters. The highest BCUT2D eigenvalue weighted by molar-refractivity contribution is 8.00. The molecule has 1 aromatic carbocycles. The Morgan fingerprint density at radius 3 is 2.79 bits per heavy atom. The smallest absolute Gasteiger partial charge is 0.233 e. The number of thioether (sulfide) groups is 1. The zero-order valence-electron chi connectivity index (χ0n) is 13.4. The van der Waals surface area contributed by atoms with Crippen molar-refractivity contribution in [2.75, 3.05) is 0 Å². The van der Waals surface area contributed by atoms with Gasteiger partial charge in [0.25, 0.3) is 0 Å². The third-order valence-electron chi connectivity index (χ3n) is 3.71. The van der Waals surface area contributed by atoms with Crippen molar-refractivity contribution in [2.45, 2.75) is 42.8 Å². The Morgan fingerprint density at radius 2 is 2.17 bits per heavy atom. The van der Waals surface area contributed by atoms with Crippen LogP contribution >= 0.6 is 23.4 Å². The van der Waals surface area contributed by atoms with Crippen LogP contribution in [0.4, 0.5) is 0 Å². The number of halogens is 1. The van der Waals surface area contributed by atoms with Gasteiger partial charge < -0.3 is 5.32 Å². The summed E-state index contributed by atoms with van der Waals surface area (Å²) in [5.74, 6) is 0.785. The van der Waals surface area contributed by atoms with Crippen molar-refractivity contribution in [3.8, 4) is 11.4 Å². The van der Waals surface area contributed by atoms with E-state index in [-0.39, 0.29) is 11.2 Å². The molecule has 0 unspecified atom stereocenters. The van der Waals surface area contributed by atoms with E-state index >= 15 is 0 Å². The van der Waals surface area contributed by atoms with Gasteiger partial charge in [-0.05, 0) is 44.0 Å². The lowest BCUT2D eigenvalue weighted by Crippen LogP contribution is -2.32. The molecule has 126 valence electrons. The van der Waals surface area contributed by atoms with Gasteiger partial charge in [-0.2, -0.15) is 0 Å². The summed E-state index contributed by atoms with van der Waals surface area (Å²) in [5.41, 5.74) is 0.927. The Labute approximate surface area is 150 Å². The predicted molar refractivity (Wildman–Crippen MR) is 97.1 cm³/mol. The molecule has 0 aliphatic heterocycles. The first-order valence-electron chi connectivity index (χ1n) is 7.85. The van der Waals surface area contributed by atoms with E-state index in [1.165, 1.54) is 11.8 Å². The number of nitrogens with zero attached hydrogens (tertiary/aromatic N) is 3. The van der Waals surface area contributed by atoms with Crippen molar-refractivity contribution < 1.29 is 4.79 Å². The van der Waals surface area contributed by atoms with E-state index in [9.17, 15) is 4.79 Å². The molecule has 5 nitrogen and oxygen atoms in total. The molecule has 24 heavy (non-hydrogen) atoms. The van der Waals surface area contributed by atoms with Gasteiger partial charge in [0, 0.05) is 23.2 Å². The number of allylic oxidation sites excluding steroid dienone is 1. The first-order chi connectivity index (χ1) is 11.6. The summed E-state index contributed by atoms with van der Waals surface area (Å²) in [6.07, 6.45) is 3.95. The Balaban J connectivity index is 1.81. The standard InChI is InChI=1S/C17H19ClN4OS/c1-3-10-22-15(12-4-6-13(18)7-5-12)20-21-17(22)24-11(2)16(23)19-14-8-9-14/h3-7,11,14H,1,8-10H2,2H3,(H,19,23)/t11-/m0/s1. The summed E-state index contributed by atoms with van der Waals surface area (Å²) in [6, 6.07) is 7.81. The van der Waals surface area contributed by atoms with Crippen LogP contribution < -0.4 is 5.32 Å². The number of nitrogens with one attached hydrogen (secondary N) is 1. The van der Waals surface area contributed by atoms with Crippen LogP contribution in [0.15, 0.2) is 42.1 Å².